The van der Waals surface area contributed by atoms with Crippen molar-refractivity contribution in [3.8, 4) is 0 Å². The van der Waals surface area contributed by atoms with Crippen molar-refractivity contribution in [2.45, 2.75) is 6.04 Å². The highest BCUT2D eigenvalue weighted by Crippen LogP contribution is 2.31. The number of benzene rings is 1. The average Bonchev–Trinajstić information content (AvgIpc) is 2.62. The van der Waals surface area contributed by atoms with Gasteiger partial charge in [0.1, 0.15) is 5.82 Å². The molecular weight excluding hydrogens is 357 g/mol. The van der Waals surface area contributed by atoms with Gasteiger partial charge in [0, 0.05) is 14.3 Å². The summed E-state index contributed by atoms with van der Waals surface area (Å²) in [4.78, 5) is 0. The van der Waals surface area contributed by atoms with Crippen molar-refractivity contribution in [3.05, 3.63) is 54.8 Å². The zero-order valence-electron chi connectivity index (χ0n) is 8.08. The number of rotatable bonds is 2. The number of thiophene rings is 1. The minimum atomic E-state index is -0.312. The van der Waals surface area contributed by atoms with E-state index in [1.165, 1.54) is 12.1 Å². The summed E-state index contributed by atoms with van der Waals surface area (Å²) in [7, 11) is 0. The highest BCUT2D eigenvalue weighted by molar-refractivity contribution is 9.10. The predicted molar refractivity (Wildman–Crippen MR) is 72.1 cm³/mol. The molecule has 0 aliphatic carbocycles. The van der Waals surface area contributed by atoms with Gasteiger partial charge in [-0.3, -0.25) is 0 Å². The maximum absolute atomic E-state index is 13.2. The predicted octanol–water partition coefficient (Wildman–Crippen LogP) is 4.46. The number of hydrogen-bond acceptors (Lipinski definition) is 2. The fourth-order valence-electron chi connectivity index (χ4n) is 1.45. The summed E-state index contributed by atoms with van der Waals surface area (Å²) in [5.41, 5.74) is 7.82. The zero-order valence-corrected chi connectivity index (χ0v) is 12.1. The van der Waals surface area contributed by atoms with Crippen molar-refractivity contribution in [2.24, 2.45) is 5.73 Å². The Morgan fingerprint density at radius 3 is 2.50 bits per heavy atom. The Hall–Kier alpha value is -0.230. The molecule has 0 aliphatic heterocycles. The topological polar surface area (TPSA) is 26.0 Å². The molecule has 2 N–H and O–H groups in total. The van der Waals surface area contributed by atoms with Crippen LogP contribution in [-0.2, 0) is 0 Å². The van der Waals surface area contributed by atoms with E-state index < -0.39 is 0 Å². The smallest absolute Gasteiger partial charge is 0.124 e. The molecule has 5 heteroatoms. The van der Waals surface area contributed by atoms with E-state index >= 15 is 0 Å². The van der Waals surface area contributed by atoms with Gasteiger partial charge in [0.25, 0.3) is 0 Å². The van der Waals surface area contributed by atoms with Gasteiger partial charge in [-0.1, -0.05) is 15.9 Å². The summed E-state index contributed by atoms with van der Waals surface area (Å²) in [6.45, 7) is 0. The van der Waals surface area contributed by atoms with Crippen LogP contribution in [0.2, 0.25) is 0 Å². The summed E-state index contributed by atoms with van der Waals surface area (Å²) in [5, 5.41) is 3.93. The summed E-state index contributed by atoms with van der Waals surface area (Å²) in [5.74, 6) is -0.286. The van der Waals surface area contributed by atoms with E-state index in [-0.39, 0.29) is 11.9 Å². The van der Waals surface area contributed by atoms with Crippen LogP contribution in [0.4, 0.5) is 4.39 Å². The quantitative estimate of drug-likeness (QED) is 0.836. The molecule has 1 unspecified atom stereocenters. The lowest BCUT2D eigenvalue weighted by Gasteiger charge is -2.12. The largest absolute Gasteiger partial charge is 0.320 e. The van der Waals surface area contributed by atoms with Crippen molar-refractivity contribution >= 4 is 43.2 Å². The molecule has 0 spiro atoms. The Labute approximate surface area is 114 Å². The molecule has 0 fully saturated rings. The van der Waals surface area contributed by atoms with Crippen molar-refractivity contribution in [1.82, 2.24) is 0 Å². The molecule has 0 saturated heterocycles. The Morgan fingerprint density at radius 1 is 1.19 bits per heavy atom. The first-order valence-electron chi connectivity index (χ1n) is 4.51. The zero-order chi connectivity index (χ0) is 11.7. The second kappa shape index (κ2) is 4.96. The van der Waals surface area contributed by atoms with Crippen LogP contribution < -0.4 is 5.73 Å². The molecular formula is C11H8Br2FNS. The molecule has 1 aromatic carbocycles. The van der Waals surface area contributed by atoms with Crippen molar-refractivity contribution in [3.63, 3.8) is 0 Å². The van der Waals surface area contributed by atoms with E-state index in [4.69, 9.17) is 5.73 Å². The molecule has 1 heterocycles. The minimum Gasteiger partial charge on any atom is -0.320 e. The normalized spacial score (nSPS) is 12.8. The summed E-state index contributed by atoms with van der Waals surface area (Å²) >= 11 is 8.25. The van der Waals surface area contributed by atoms with Crippen LogP contribution in [0.15, 0.2) is 37.9 Å². The molecule has 2 rings (SSSR count). The Morgan fingerprint density at radius 2 is 1.94 bits per heavy atom. The molecule has 0 radical (unpaired) electrons. The maximum Gasteiger partial charge on any atom is 0.124 e. The Bertz CT molecular complexity index is 492. The van der Waals surface area contributed by atoms with Gasteiger partial charge >= 0.3 is 0 Å². The van der Waals surface area contributed by atoms with Crippen molar-refractivity contribution in [2.75, 3.05) is 0 Å². The van der Waals surface area contributed by atoms with Gasteiger partial charge in [-0.05, 0) is 50.6 Å². The monoisotopic (exact) mass is 363 g/mol. The summed E-state index contributed by atoms with van der Waals surface area (Å²) in [6.07, 6.45) is 0. The molecule has 1 nitrogen and oxygen atoms in total. The van der Waals surface area contributed by atoms with E-state index in [9.17, 15) is 4.39 Å². The van der Waals surface area contributed by atoms with Crippen LogP contribution in [0.25, 0.3) is 0 Å². The van der Waals surface area contributed by atoms with E-state index in [0.29, 0.717) is 4.47 Å². The minimum absolute atomic E-state index is 0.286. The average molecular weight is 365 g/mol. The fraction of sp³-hybridized carbons (Fsp3) is 0.0909. The van der Waals surface area contributed by atoms with Gasteiger partial charge in [-0.15, -0.1) is 0 Å². The molecule has 16 heavy (non-hydrogen) atoms. The third-order valence-electron chi connectivity index (χ3n) is 2.22. The first kappa shape index (κ1) is 12.2. The van der Waals surface area contributed by atoms with Crippen molar-refractivity contribution in [1.29, 1.82) is 0 Å². The fourth-order valence-corrected chi connectivity index (χ4v) is 3.51. The van der Waals surface area contributed by atoms with Crippen LogP contribution >= 0.6 is 43.2 Å². The van der Waals surface area contributed by atoms with E-state index in [1.54, 1.807) is 11.3 Å². The van der Waals surface area contributed by atoms with Crippen molar-refractivity contribution < 1.29 is 4.39 Å². The number of hydrogen-bond donors (Lipinski definition) is 1. The van der Waals surface area contributed by atoms with Crippen LogP contribution in [0.5, 0.6) is 0 Å². The molecule has 2 aromatic rings. The molecule has 0 bridgehead atoms. The molecule has 84 valence electrons. The van der Waals surface area contributed by atoms with Gasteiger partial charge in [-0.2, -0.15) is 11.3 Å². The molecule has 0 amide bonds. The molecule has 0 saturated carbocycles. The summed E-state index contributed by atoms with van der Waals surface area (Å²) < 4.78 is 14.9. The highest BCUT2D eigenvalue weighted by Gasteiger charge is 2.14. The third kappa shape index (κ3) is 2.53. The lowest BCUT2D eigenvalue weighted by Crippen LogP contribution is -2.11. The second-order valence-corrected chi connectivity index (χ2v) is 5.87. The van der Waals surface area contributed by atoms with Crippen LogP contribution in [0.1, 0.15) is 17.2 Å². The molecule has 1 atom stereocenters. The molecule has 0 aliphatic rings. The first-order chi connectivity index (χ1) is 7.58. The van der Waals surface area contributed by atoms with Gasteiger partial charge in [0.2, 0.25) is 0 Å². The van der Waals surface area contributed by atoms with Gasteiger partial charge < -0.3 is 5.73 Å². The van der Waals surface area contributed by atoms with E-state index in [0.717, 1.165) is 15.6 Å². The lowest BCUT2D eigenvalue weighted by atomic mass is 10.0. The lowest BCUT2D eigenvalue weighted by molar-refractivity contribution is 0.622. The van der Waals surface area contributed by atoms with Gasteiger partial charge in [-0.25, -0.2) is 4.39 Å². The Kier molecular flexibility index (Phi) is 3.79. The van der Waals surface area contributed by atoms with E-state index in [1.807, 2.05) is 16.8 Å². The standard InChI is InChI=1S/C11H8Br2FNS/c12-7-1-6(2-8(14)3-7)11(15)9-4-16-5-10(9)13/h1-5,11H,15H2. The SMILES string of the molecule is NC(c1cc(F)cc(Br)c1)c1cscc1Br. The molecule has 1 aromatic heterocycles. The number of nitrogens with two attached hydrogens (primary N) is 1. The second-order valence-electron chi connectivity index (χ2n) is 3.36. The van der Waals surface area contributed by atoms with Crippen LogP contribution in [0.3, 0.4) is 0 Å². The van der Waals surface area contributed by atoms with E-state index in [2.05, 4.69) is 31.9 Å². The van der Waals surface area contributed by atoms with Crippen LogP contribution in [-0.4, -0.2) is 0 Å². The summed E-state index contributed by atoms with van der Waals surface area (Å²) in [6, 6.07) is 4.39. The Balaban J connectivity index is 2.41. The third-order valence-corrected chi connectivity index (χ3v) is 4.43. The van der Waals surface area contributed by atoms with Gasteiger partial charge in [0.05, 0.1) is 6.04 Å². The van der Waals surface area contributed by atoms with Gasteiger partial charge in [0.15, 0.2) is 0 Å². The maximum atomic E-state index is 13.2. The number of halogens is 3. The first-order valence-corrected chi connectivity index (χ1v) is 7.04. The highest BCUT2D eigenvalue weighted by atomic mass is 79.9. The van der Waals surface area contributed by atoms with Crippen LogP contribution in [0, 0.1) is 5.82 Å².